The number of halogens is 1. The van der Waals surface area contributed by atoms with Crippen molar-refractivity contribution >= 4 is 11.4 Å². The summed E-state index contributed by atoms with van der Waals surface area (Å²) in [7, 11) is 1.55. The van der Waals surface area contributed by atoms with E-state index in [9.17, 15) is 14.5 Å². The number of hydrogen-bond acceptors (Lipinski definition) is 5. The molecule has 0 saturated heterocycles. The van der Waals surface area contributed by atoms with E-state index in [4.69, 9.17) is 9.47 Å². The normalized spacial score (nSPS) is 11.6. The highest BCUT2D eigenvalue weighted by Crippen LogP contribution is 2.27. The van der Waals surface area contributed by atoms with E-state index >= 15 is 0 Å². The summed E-state index contributed by atoms with van der Waals surface area (Å²) in [5.41, 5.74) is -0.0996. The van der Waals surface area contributed by atoms with Gasteiger partial charge in [0.2, 0.25) is 0 Å². The van der Waals surface area contributed by atoms with Gasteiger partial charge in [-0.25, -0.2) is 4.39 Å². The van der Waals surface area contributed by atoms with Crippen LogP contribution in [0, 0.1) is 15.9 Å². The van der Waals surface area contributed by atoms with Crippen LogP contribution in [0.3, 0.4) is 0 Å². The third-order valence-electron chi connectivity index (χ3n) is 3.14. The molecule has 122 valence electrons. The van der Waals surface area contributed by atoms with Crippen molar-refractivity contribution in [2.24, 2.45) is 0 Å². The number of ether oxygens (including phenoxy) is 2. The van der Waals surface area contributed by atoms with Gasteiger partial charge in [0, 0.05) is 6.07 Å². The number of anilines is 1. The molecule has 0 aliphatic heterocycles. The number of nitrogens with one attached hydrogen (secondary N) is 1. The van der Waals surface area contributed by atoms with Crippen LogP contribution in [0.4, 0.5) is 15.8 Å². The van der Waals surface area contributed by atoms with E-state index in [1.807, 2.05) is 19.1 Å². The minimum Gasteiger partial charge on any atom is -0.493 e. The molecule has 1 atom stereocenters. The first-order chi connectivity index (χ1) is 11.0. The molecule has 0 amide bonds. The Balaban J connectivity index is 1.96. The second kappa shape index (κ2) is 7.44. The lowest BCUT2D eigenvalue weighted by molar-refractivity contribution is -0.385. The molecule has 0 aromatic heterocycles. The van der Waals surface area contributed by atoms with Crippen LogP contribution >= 0.6 is 0 Å². The van der Waals surface area contributed by atoms with E-state index in [1.54, 1.807) is 19.2 Å². The minimum absolute atomic E-state index is 0.186. The summed E-state index contributed by atoms with van der Waals surface area (Å²) in [6.45, 7) is 2.15. The zero-order valence-electron chi connectivity index (χ0n) is 12.8. The van der Waals surface area contributed by atoms with Gasteiger partial charge in [0.05, 0.1) is 30.3 Å². The van der Waals surface area contributed by atoms with Crippen molar-refractivity contribution in [3.05, 3.63) is 58.4 Å². The lowest BCUT2D eigenvalue weighted by Gasteiger charge is -2.18. The van der Waals surface area contributed by atoms with Crippen LogP contribution in [0.2, 0.25) is 0 Å². The molecule has 0 saturated carbocycles. The smallest absolute Gasteiger partial charge is 0.272 e. The fourth-order valence-electron chi connectivity index (χ4n) is 1.99. The van der Waals surface area contributed by atoms with Gasteiger partial charge in [-0.15, -0.1) is 0 Å². The summed E-state index contributed by atoms with van der Waals surface area (Å²) in [5.74, 6) is 0.526. The van der Waals surface area contributed by atoms with Crippen molar-refractivity contribution in [2.75, 3.05) is 19.0 Å². The fourth-order valence-corrected chi connectivity index (χ4v) is 1.99. The number of rotatable bonds is 7. The Kier molecular flexibility index (Phi) is 5.35. The van der Waals surface area contributed by atoms with E-state index in [0.717, 1.165) is 6.07 Å². The fraction of sp³-hybridized carbons (Fsp3) is 0.250. The van der Waals surface area contributed by atoms with Crippen molar-refractivity contribution in [1.29, 1.82) is 0 Å². The van der Waals surface area contributed by atoms with Gasteiger partial charge in [0.1, 0.15) is 6.10 Å². The summed E-state index contributed by atoms with van der Waals surface area (Å²) >= 11 is 0. The van der Waals surface area contributed by atoms with Crippen LogP contribution in [0.15, 0.2) is 42.5 Å². The van der Waals surface area contributed by atoms with Gasteiger partial charge in [-0.3, -0.25) is 10.1 Å². The zero-order valence-corrected chi connectivity index (χ0v) is 12.8. The Morgan fingerprint density at radius 1 is 1.26 bits per heavy atom. The topological polar surface area (TPSA) is 73.6 Å². The molecule has 0 bridgehead atoms. The van der Waals surface area contributed by atoms with Gasteiger partial charge >= 0.3 is 0 Å². The molecule has 1 N–H and O–H groups in total. The Hall–Kier alpha value is -2.83. The standard InChI is InChI=1S/C16H17FN2O4/c1-11(23-16-6-4-3-5-15(16)22-2)10-18-14-8-7-12(19(20)21)9-13(14)17/h3-9,11,18H,10H2,1-2H3. The van der Waals surface area contributed by atoms with Crippen molar-refractivity contribution < 1.29 is 18.8 Å². The minimum atomic E-state index is -0.677. The highest BCUT2D eigenvalue weighted by molar-refractivity contribution is 5.50. The predicted molar refractivity (Wildman–Crippen MR) is 84.6 cm³/mol. The number of methoxy groups -OCH3 is 1. The molecule has 2 aromatic carbocycles. The van der Waals surface area contributed by atoms with Crippen molar-refractivity contribution in [1.82, 2.24) is 0 Å². The molecule has 0 heterocycles. The van der Waals surface area contributed by atoms with Gasteiger partial charge in [-0.2, -0.15) is 0 Å². The Labute approximate surface area is 133 Å². The molecule has 0 radical (unpaired) electrons. The SMILES string of the molecule is COc1ccccc1OC(C)CNc1ccc([N+](=O)[O-])cc1F. The van der Waals surface area contributed by atoms with Gasteiger partial charge in [-0.1, -0.05) is 12.1 Å². The quantitative estimate of drug-likeness (QED) is 0.623. The average molecular weight is 320 g/mol. The Morgan fingerprint density at radius 3 is 2.57 bits per heavy atom. The predicted octanol–water partition coefficient (Wildman–Crippen LogP) is 3.62. The maximum atomic E-state index is 13.8. The van der Waals surface area contributed by atoms with Crippen LogP contribution in [0.5, 0.6) is 11.5 Å². The highest BCUT2D eigenvalue weighted by Gasteiger charge is 2.12. The van der Waals surface area contributed by atoms with Crippen molar-refractivity contribution in [2.45, 2.75) is 13.0 Å². The van der Waals surface area contributed by atoms with E-state index in [0.29, 0.717) is 18.0 Å². The maximum absolute atomic E-state index is 13.8. The zero-order chi connectivity index (χ0) is 16.8. The van der Waals surface area contributed by atoms with E-state index in [-0.39, 0.29) is 17.5 Å². The van der Waals surface area contributed by atoms with Gasteiger partial charge in [0.15, 0.2) is 17.3 Å². The van der Waals surface area contributed by atoms with Crippen LogP contribution in [-0.2, 0) is 0 Å². The van der Waals surface area contributed by atoms with Crippen LogP contribution in [-0.4, -0.2) is 24.7 Å². The third kappa shape index (κ3) is 4.32. The molecular weight excluding hydrogens is 303 g/mol. The highest BCUT2D eigenvalue weighted by atomic mass is 19.1. The third-order valence-corrected chi connectivity index (χ3v) is 3.14. The molecule has 6 nitrogen and oxygen atoms in total. The van der Waals surface area contributed by atoms with Crippen LogP contribution < -0.4 is 14.8 Å². The summed E-state index contributed by atoms with van der Waals surface area (Å²) in [5, 5.41) is 13.5. The summed E-state index contributed by atoms with van der Waals surface area (Å²) < 4.78 is 24.7. The number of nitro benzene ring substituents is 1. The molecule has 2 rings (SSSR count). The molecule has 23 heavy (non-hydrogen) atoms. The van der Waals surface area contributed by atoms with Gasteiger partial charge < -0.3 is 14.8 Å². The van der Waals surface area contributed by atoms with Crippen LogP contribution in [0.1, 0.15) is 6.92 Å². The maximum Gasteiger partial charge on any atom is 0.272 e. The van der Waals surface area contributed by atoms with Crippen molar-refractivity contribution in [3.8, 4) is 11.5 Å². The van der Waals surface area contributed by atoms with Crippen LogP contribution in [0.25, 0.3) is 0 Å². The molecule has 2 aromatic rings. The molecule has 1 unspecified atom stereocenters. The van der Waals surface area contributed by atoms with Gasteiger partial charge in [-0.05, 0) is 25.1 Å². The molecule has 0 fully saturated rings. The Morgan fingerprint density at radius 2 is 1.96 bits per heavy atom. The first-order valence-corrected chi connectivity index (χ1v) is 6.98. The molecule has 7 heteroatoms. The molecule has 0 aliphatic rings. The summed E-state index contributed by atoms with van der Waals surface area (Å²) in [4.78, 5) is 9.94. The van der Waals surface area contributed by atoms with Gasteiger partial charge in [0.25, 0.3) is 5.69 Å². The lowest BCUT2D eigenvalue weighted by Crippen LogP contribution is -2.23. The second-order valence-electron chi connectivity index (χ2n) is 4.88. The average Bonchev–Trinajstić information content (AvgIpc) is 2.54. The number of hydrogen-bond donors (Lipinski definition) is 1. The molecular formula is C16H17FN2O4. The number of non-ortho nitro benzene ring substituents is 1. The number of para-hydroxylation sites is 2. The molecule has 0 spiro atoms. The monoisotopic (exact) mass is 320 g/mol. The van der Waals surface area contributed by atoms with Crippen molar-refractivity contribution in [3.63, 3.8) is 0 Å². The van der Waals surface area contributed by atoms with E-state index < -0.39 is 10.7 Å². The number of nitro groups is 1. The summed E-state index contributed by atoms with van der Waals surface area (Å²) in [6, 6.07) is 10.7. The lowest BCUT2D eigenvalue weighted by atomic mass is 10.2. The van der Waals surface area contributed by atoms with E-state index in [1.165, 1.54) is 12.1 Å². The summed E-state index contributed by atoms with van der Waals surface area (Å²) in [6.07, 6.45) is -0.263. The first kappa shape index (κ1) is 16.5. The Bertz CT molecular complexity index is 694. The second-order valence-corrected chi connectivity index (χ2v) is 4.88. The molecule has 0 aliphatic carbocycles. The largest absolute Gasteiger partial charge is 0.493 e. The van der Waals surface area contributed by atoms with E-state index in [2.05, 4.69) is 5.32 Å². The number of nitrogens with zero attached hydrogens (tertiary/aromatic N) is 1. The number of benzene rings is 2. The first-order valence-electron chi connectivity index (χ1n) is 6.98.